The number of nitrogens with one attached hydrogen (secondary N) is 1. The van der Waals surface area contributed by atoms with E-state index in [1.54, 1.807) is 6.20 Å². The first-order valence-electron chi connectivity index (χ1n) is 5.29. The van der Waals surface area contributed by atoms with Crippen molar-refractivity contribution in [3.63, 3.8) is 0 Å². The van der Waals surface area contributed by atoms with Crippen LogP contribution in [-0.4, -0.2) is 23.6 Å². The van der Waals surface area contributed by atoms with Crippen molar-refractivity contribution in [2.75, 3.05) is 5.73 Å². The van der Waals surface area contributed by atoms with E-state index < -0.39 is 20.7 Å². The SMILES string of the molecule is Nc1n[nH]cc1-c1nc2cc(F)c(S(N)(=O)=O)cc2s1. The molecule has 3 aromatic rings. The van der Waals surface area contributed by atoms with Crippen molar-refractivity contribution in [3.8, 4) is 10.6 Å². The Labute approximate surface area is 116 Å². The lowest BCUT2D eigenvalue weighted by Gasteiger charge is -1.99. The largest absolute Gasteiger partial charge is 0.382 e. The number of H-pyrrole nitrogens is 1. The average Bonchev–Trinajstić information content (AvgIpc) is 2.91. The number of nitrogens with zero attached hydrogens (tertiary/aromatic N) is 2. The smallest absolute Gasteiger partial charge is 0.241 e. The maximum atomic E-state index is 13.7. The lowest BCUT2D eigenvalue weighted by molar-refractivity contribution is 0.569. The quantitative estimate of drug-likeness (QED) is 0.651. The lowest BCUT2D eigenvalue weighted by atomic mass is 10.3. The van der Waals surface area contributed by atoms with Gasteiger partial charge in [-0.1, -0.05) is 0 Å². The highest BCUT2D eigenvalue weighted by Crippen LogP contribution is 2.34. The second kappa shape index (κ2) is 4.23. The summed E-state index contributed by atoms with van der Waals surface area (Å²) in [6, 6.07) is 2.20. The van der Waals surface area contributed by atoms with E-state index in [-0.39, 0.29) is 5.82 Å². The predicted octanol–water partition coefficient (Wildman–Crippen LogP) is 1.06. The molecule has 0 unspecified atom stereocenters. The van der Waals surface area contributed by atoms with E-state index in [9.17, 15) is 12.8 Å². The zero-order valence-electron chi connectivity index (χ0n) is 9.79. The number of benzene rings is 1. The Balaban J connectivity index is 2.25. The molecule has 0 radical (unpaired) electrons. The van der Waals surface area contributed by atoms with E-state index in [4.69, 9.17) is 10.9 Å². The van der Waals surface area contributed by atoms with Gasteiger partial charge in [0.2, 0.25) is 10.0 Å². The van der Waals surface area contributed by atoms with Crippen molar-refractivity contribution in [2.24, 2.45) is 5.14 Å². The Morgan fingerprint density at radius 3 is 2.70 bits per heavy atom. The molecule has 0 spiro atoms. The van der Waals surface area contributed by atoms with Crippen LogP contribution in [0.25, 0.3) is 20.8 Å². The van der Waals surface area contributed by atoms with E-state index in [0.29, 0.717) is 20.8 Å². The highest BCUT2D eigenvalue weighted by atomic mass is 32.2. The van der Waals surface area contributed by atoms with E-state index in [0.717, 1.165) is 12.1 Å². The molecular weight excluding hydrogens is 305 g/mol. The maximum Gasteiger partial charge on any atom is 0.241 e. The van der Waals surface area contributed by atoms with Crippen LogP contribution in [0.15, 0.2) is 23.2 Å². The number of primary sulfonamides is 1. The summed E-state index contributed by atoms with van der Waals surface area (Å²) in [5.41, 5.74) is 6.56. The third kappa shape index (κ3) is 2.03. The Morgan fingerprint density at radius 2 is 2.10 bits per heavy atom. The molecule has 0 saturated heterocycles. The Bertz CT molecular complexity index is 915. The minimum atomic E-state index is -4.12. The van der Waals surface area contributed by atoms with E-state index in [2.05, 4.69) is 15.2 Å². The zero-order chi connectivity index (χ0) is 14.5. The summed E-state index contributed by atoms with van der Waals surface area (Å²) < 4.78 is 36.7. The Kier molecular flexibility index (Phi) is 2.74. The number of sulfonamides is 1. The van der Waals surface area contributed by atoms with Gasteiger partial charge in [0.05, 0.1) is 15.8 Å². The minimum Gasteiger partial charge on any atom is -0.382 e. The Hall–Kier alpha value is -2.04. The van der Waals surface area contributed by atoms with Crippen LogP contribution in [0.3, 0.4) is 0 Å². The van der Waals surface area contributed by atoms with Crippen molar-refractivity contribution in [1.82, 2.24) is 15.2 Å². The van der Waals surface area contributed by atoms with Gasteiger partial charge in [-0.2, -0.15) is 5.10 Å². The molecule has 2 aromatic heterocycles. The number of halogens is 1. The fraction of sp³-hybridized carbons (Fsp3) is 0. The van der Waals surface area contributed by atoms with Gasteiger partial charge >= 0.3 is 0 Å². The molecule has 0 aliphatic carbocycles. The van der Waals surface area contributed by atoms with Gasteiger partial charge in [-0.15, -0.1) is 11.3 Å². The topological polar surface area (TPSA) is 128 Å². The minimum absolute atomic E-state index is 0.260. The number of rotatable bonds is 2. The number of nitrogens with two attached hydrogens (primary N) is 2. The number of aromatic amines is 1. The number of anilines is 1. The zero-order valence-corrected chi connectivity index (χ0v) is 11.4. The summed E-state index contributed by atoms with van der Waals surface area (Å²) in [5.74, 6) is -0.673. The predicted molar refractivity (Wildman–Crippen MR) is 72.9 cm³/mol. The molecule has 0 aliphatic heterocycles. The normalized spacial score (nSPS) is 12.1. The first kappa shape index (κ1) is 13.0. The molecule has 20 heavy (non-hydrogen) atoms. The highest BCUT2D eigenvalue weighted by Gasteiger charge is 2.18. The molecule has 0 aliphatic rings. The van der Waals surface area contributed by atoms with E-state index >= 15 is 0 Å². The van der Waals surface area contributed by atoms with Crippen LogP contribution in [0.5, 0.6) is 0 Å². The fourth-order valence-corrected chi connectivity index (χ4v) is 3.43. The molecule has 10 heteroatoms. The molecule has 5 N–H and O–H groups in total. The van der Waals surface area contributed by atoms with Gasteiger partial charge in [0.1, 0.15) is 15.7 Å². The van der Waals surface area contributed by atoms with Gasteiger partial charge in [0.15, 0.2) is 5.82 Å². The third-order valence-corrected chi connectivity index (χ3v) is 4.63. The van der Waals surface area contributed by atoms with Crippen molar-refractivity contribution in [2.45, 2.75) is 4.90 Å². The molecule has 0 bridgehead atoms. The van der Waals surface area contributed by atoms with E-state index in [1.807, 2.05) is 0 Å². The van der Waals surface area contributed by atoms with Gasteiger partial charge in [0.25, 0.3) is 0 Å². The summed E-state index contributed by atoms with van der Waals surface area (Å²) in [6.45, 7) is 0. The molecule has 3 rings (SSSR count). The number of hydrogen-bond acceptors (Lipinski definition) is 6. The van der Waals surface area contributed by atoms with Gasteiger partial charge in [-0.3, -0.25) is 5.10 Å². The number of nitrogen functional groups attached to an aromatic ring is 1. The van der Waals surface area contributed by atoms with Gasteiger partial charge < -0.3 is 5.73 Å². The van der Waals surface area contributed by atoms with Crippen molar-refractivity contribution in [1.29, 1.82) is 0 Å². The van der Waals surface area contributed by atoms with Crippen LogP contribution < -0.4 is 10.9 Å². The number of hydrogen-bond donors (Lipinski definition) is 3. The van der Waals surface area contributed by atoms with Gasteiger partial charge in [-0.25, -0.2) is 22.9 Å². The summed E-state index contributed by atoms with van der Waals surface area (Å²) in [5, 5.41) is 11.8. The second-order valence-electron chi connectivity index (χ2n) is 4.00. The van der Waals surface area contributed by atoms with Crippen molar-refractivity contribution in [3.05, 3.63) is 24.1 Å². The molecular formula is C10H8FN5O2S2. The van der Waals surface area contributed by atoms with Crippen LogP contribution in [0.2, 0.25) is 0 Å². The van der Waals surface area contributed by atoms with Crippen LogP contribution in [0.4, 0.5) is 10.2 Å². The summed E-state index contributed by atoms with van der Waals surface area (Å²) >= 11 is 1.17. The molecule has 2 heterocycles. The number of aromatic nitrogens is 3. The average molecular weight is 313 g/mol. The second-order valence-corrected chi connectivity index (χ2v) is 6.56. The maximum absolute atomic E-state index is 13.7. The first-order chi connectivity index (χ1) is 9.36. The number of fused-ring (bicyclic) bond motifs is 1. The lowest BCUT2D eigenvalue weighted by Crippen LogP contribution is -2.13. The molecule has 0 fully saturated rings. The van der Waals surface area contributed by atoms with Crippen LogP contribution in [0, 0.1) is 5.82 Å². The molecule has 0 saturated carbocycles. The molecule has 7 nitrogen and oxygen atoms in total. The Morgan fingerprint density at radius 1 is 1.35 bits per heavy atom. The summed E-state index contributed by atoms with van der Waals surface area (Å²) in [4.78, 5) is 3.65. The summed E-state index contributed by atoms with van der Waals surface area (Å²) in [7, 11) is -4.12. The first-order valence-corrected chi connectivity index (χ1v) is 7.65. The molecule has 0 atom stereocenters. The standard InChI is InChI=1S/C10H8FN5O2S2/c11-5-1-6-7(2-8(5)20(13,17)18)19-10(15-6)4-3-14-16-9(4)12/h1-3H,(H3,12,14,16)(H2,13,17,18). The number of thiazole rings is 1. The molecule has 0 amide bonds. The fourth-order valence-electron chi connectivity index (χ4n) is 1.73. The van der Waals surface area contributed by atoms with Crippen LogP contribution in [-0.2, 0) is 10.0 Å². The van der Waals surface area contributed by atoms with Gasteiger partial charge in [0, 0.05) is 12.3 Å². The summed E-state index contributed by atoms with van der Waals surface area (Å²) in [6.07, 6.45) is 1.56. The molecule has 1 aromatic carbocycles. The van der Waals surface area contributed by atoms with Crippen molar-refractivity contribution >= 4 is 37.4 Å². The monoisotopic (exact) mass is 313 g/mol. The van der Waals surface area contributed by atoms with Gasteiger partial charge in [-0.05, 0) is 6.07 Å². The van der Waals surface area contributed by atoms with E-state index in [1.165, 1.54) is 11.3 Å². The van der Waals surface area contributed by atoms with Crippen molar-refractivity contribution < 1.29 is 12.8 Å². The third-order valence-electron chi connectivity index (χ3n) is 2.65. The molecule has 104 valence electrons. The van der Waals surface area contributed by atoms with Crippen LogP contribution in [0.1, 0.15) is 0 Å². The van der Waals surface area contributed by atoms with Crippen LogP contribution >= 0.6 is 11.3 Å². The highest BCUT2D eigenvalue weighted by molar-refractivity contribution is 7.89.